The van der Waals surface area contributed by atoms with Crippen molar-refractivity contribution in [1.82, 2.24) is 0 Å². The summed E-state index contributed by atoms with van der Waals surface area (Å²) >= 11 is 12.5. The Balaban J connectivity index is 1.47. The van der Waals surface area contributed by atoms with Crippen LogP contribution in [0.3, 0.4) is 0 Å². The van der Waals surface area contributed by atoms with Crippen LogP contribution in [0.4, 0.5) is 17.1 Å². The Hall–Kier alpha value is -3.57. The van der Waals surface area contributed by atoms with Gasteiger partial charge in [0, 0.05) is 26.9 Å². The highest BCUT2D eigenvalue weighted by atomic mass is 35.5. The third kappa shape index (κ3) is 6.95. The molecule has 0 atom stereocenters. The molecule has 0 saturated carbocycles. The average molecular weight is 619 g/mol. The Labute approximate surface area is 243 Å². The number of benzene rings is 4. The van der Waals surface area contributed by atoms with Crippen molar-refractivity contribution >= 4 is 66.2 Å². The number of nitrogens with zero attached hydrogens (tertiary/aromatic N) is 1. The van der Waals surface area contributed by atoms with Gasteiger partial charge in [-0.2, -0.15) is 0 Å². The highest BCUT2D eigenvalue weighted by molar-refractivity contribution is 7.92. The van der Waals surface area contributed by atoms with Crippen LogP contribution in [-0.4, -0.2) is 29.0 Å². The normalized spacial score (nSPS) is 11.6. The molecular weight excluding hydrogens is 593 g/mol. The predicted octanol–water partition coefficient (Wildman–Crippen LogP) is 6.32. The second kappa shape index (κ2) is 11.9. The molecule has 8 nitrogen and oxygen atoms in total. The quantitative estimate of drug-likeness (QED) is 0.228. The van der Waals surface area contributed by atoms with Gasteiger partial charge in [-0.05, 0) is 79.2 Å². The van der Waals surface area contributed by atoms with Crippen LogP contribution < -0.4 is 14.3 Å². The lowest BCUT2D eigenvalue weighted by Gasteiger charge is -2.23. The zero-order valence-corrected chi connectivity index (χ0v) is 24.6. The number of hydrogen-bond acceptors (Lipinski definition) is 5. The third-order valence-corrected chi connectivity index (χ3v) is 9.22. The summed E-state index contributed by atoms with van der Waals surface area (Å²) in [6.45, 7) is 1.72. The number of amides is 1. The molecule has 0 fully saturated rings. The summed E-state index contributed by atoms with van der Waals surface area (Å²) in [5, 5.41) is 3.38. The number of halogens is 2. The molecule has 0 aliphatic heterocycles. The van der Waals surface area contributed by atoms with Gasteiger partial charge in [0.15, 0.2) is 0 Å². The van der Waals surface area contributed by atoms with E-state index >= 15 is 0 Å². The predicted molar refractivity (Wildman–Crippen MR) is 160 cm³/mol. The van der Waals surface area contributed by atoms with Gasteiger partial charge in [0.25, 0.3) is 15.9 Å². The fourth-order valence-electron chi connectivity index (χ4n) is 3.82. The van der Waals surface area contributed by atoms with Crippen LogP contribution in [0.25, 0.3) is 0 Å². The maximum Gasteiger partial charge on any atom is 0.261 e. The summed E-state index contributed by atoms with van der Waals surface area (Å²) in [5.41, 5.74) is 2.70. The summed E-state index contributed by atoms with van der Waals surface area (Å²) in [6, 6.07) is 23.7. The molecular formula is C28H25Cl2N3O5S2. The first-order valence-corrected chi connectivity index (χ1v) is 15.9. The van der Waals surface area contributed by atoms with E-state index in [0.717, 1.165) is 16.1 Å². The largest absolute Gasteiger partial charge is 0.322 e. The summed E-state index contributed by atoms with van der Waals surface area (Å²) < 4.78 is 54.3. The number of para-hydroxylation sites is 1. The van der Waals surface area contributed by atoms with Gasteiger partial charge in [0.2, 0.25) is 10.0 Å². The van der Waals surface area contributed by atoms with Crippen LogP contribution in [-0.2, 0) is 26.6 Å². The van der Waals surface area contributed by atoms with Gasteiger partial charge in [-0.15, -0.1) is 0 Å². The minimum atomic E-state index is -3.82. The lowest BCUT2D eigenvalue weighted by Crippen LogP contribution is -2.29. The van der Waals surface area contributed by atoms with Crippen LogP contribution in [0, 0.1) is 6.92 Å². The minimum absolute atomic E-state index is 0.0394. The maximum absolute atomic E-state index is 12.8. The lowest BCUT2D eigenvalue weighted by atomic mass is 10.1. The number of sulfonamides is 2. The van der Waals surface area contributed by atoms with Crippen LogP contribution in [0.1, 0.15) is 21.5 Å². The Bertz CT molecular complexity index is 1740. The molecule has 2 N–H and O–H groups in total. The number of anilines is 3. The smallest absolute Gasteiger partial charge is 0.261 e. The summed E-state index contributed by atoms with van der Waals surface area (Å²) in [4.78, 5) is 12.9. The van der Waals surface area contributed by atoms with Crippen LogP contribution in [0.2, 0.25) is 10.0 Å². The Kier molecular flexibility index (Phi) is 8.74. The molecule has 1 amide bonds. The monoisotopic (exact) mass is 617 g/mol. The molecule has 4 rings (SSSR count). The van der Waals surface area contributed by atoms with E-state index in [4.69, 9.17) is 23.2 Å². The molecule has 0 heterocycles. The highest BCUT2D eigenvalue weighted by Crippen LogP contribution is 2.29. The topological polar surface area (TPSA) is 113 Å². The van der Waals surface area contributed by atoms with E-state index in [-0.39, 0.29) is 17.0 Å². The van der Waals surface area contributed by atoms with Crippen molar-refractivity contribution in [3.63, 3.8) is 0 Å². The number of aryl methyl sites for hydroxylation is 1. The van der Waals surface area contributed by atoms with E-state index in [1.54, 1.807) is 43.3 Å². The van der Waals surface area contributed by atoms with Crippen LogP contribution in [0.5, 0.6) is 0 Å². The first kappa shape index (κ1) is 29.4. The van der Waals surface area contributed by atoms with E-state index in [2.05, 4.69) is 10.0 Å². The molecule has 0 unspecified atom stereocenters. The zero-order chi connectivity index (χ0) is 29.1. The van der Waals surface area contributed by atoms with Crippen molar-refractivity contribution in [1.29, 1.82) is 0 Å². The zero-order valence-electron chi connectivity index (χ0n) is 21.4. The Morgan fingerprint density at radius 1 is 0.800 bits per heavy atom. The SMILES string of the molecule is Cc1ccccc1NS(=O)(=O)c1ccc(NC(=O)c2ccc(N(Cc3c(Cl)cccc3Cl)S(C)(=O)=O)cc2)cc1. The number of nitrogens with one attached hydrogen (secondary N) is 2. The molecule has 40 heavy (non-hydrogen) atoms. The minimum Gasteiger partial charge on any atom is -0.322 e. The van der Waals surface area contributed by atoms with Gasteiger partial charge in [0.05, 0.1) is 29.1 Å². The second-order valence-electron chi connectivity index (χ2n) is 8.92. The Morgan fingerprint density at radius 2 is 1.40 bits per heavy atom. The van der Waals surface area contributed by atoms with Crippen molar-refractivity contribution in [2.75, 3.05) is 20.6 Å². The first-order chi connectivity index (χ1) is 18.8. The number of rotatable bonds is 9. The van der Waals surface area contributed by atoms with E-state index in [9.17, 15) is 21.6 Å². The van der Waals surface area contributed by atoms with E-state index in [1.165, 1.54) is 48.5 Å². The second-order valence-corrected chi connectivity index (χ2v) is 13.3. The fraction of sp³-hybridized carbons (Fsp3) is 0.107. The molecule has 0 aliphatic rings. The van der Waals surface area contributed by atoms with E-state index in [0.29, 0.717) is 32.7 Å². The molecule has 208 valence electrons. The van der Waals surface area contributed by atoms with Crippen molar-refractivity contribution in [3.05, 3.63) is 118 Å². The van der Waals surface area contributed by atoms with Gasteiger partial charge in [-0.25, -0.2) is 16.8 Å². The van der Waals surface area contributed by atoms with Gasteiger partial charge < -0.3 is 5.32 Å². The van der Waals surface area contributed by atoms with Crippen molar-refractivity contribution in [2.24, 2.45) is 0 Å². The first-order valence-electron chi connectivity index (χ1n) is 11.9. The van der Waals surface area contributed by atoms with Crippen molar-refractivity contribution in [2.45, 2.75) is 18.4 Å². The third-order valence-electron chi connectivity index (χ3n) is 5.99. The molecule has 0 bridgehead atoms. The lowest BCUT2D eigenvalue weighted by molar-refractivity contribution is 0.102. The molecule has 12 heteroatoms. The molecule has 0 aliphatic carbocycles. The Morgan fingerprint density at radius 3 is 1.98 bits per heavy atom. The molecule has 0 spiro atoms. The van der Waals surface area contributed by atoms with Gasteiger partial charge in [0.1, 0.15) is 0 Å². The summed E-state index contributed by atoms with van der Waals surface area (Å²) in [7, 11) is -7.53. The molecule has 4 aromatic rings. The average Bonchev–Trinajstić information content (AvgIpc) is 2.89. The highest BCUT2D eigenvalue weighted by Gasteiger charge is 2.21. The van der Waals surface area contributed by atoms with Crippen molar-refractivity contribution < 1.29 is 21.6 Å². The summed E-state index contributed by atoms with van der Waals surface area (Å²) in [5.74, 6) is -0.458. The van der Waals surface area contributed by atoms with Crippen molar-refractivity contribution in [3.8, 4) is 0 Å². The molecule has 0 aromatic heterocycles. The standard InChI is InChI=1S/C28H25Cl2N3O5S2/c1-19-6-3-4-9-27(19)32-40(37,38)23-16-12-21(13-17-23)31-28(34)20-10-14-22(15-11-20)33(39(2,35)36)18-24-25(29)7-5-8-26(24)30/h3-17,32H,18H2,1-2H3,(H,31,34). The fourth-order valence-corrected chi connectivity index (χ4v) is 6.33. The van der Waals surface area contributed by atoms with Gasteiger partial charge in [-0.3, -0.25) is 13.8 Å². The van der Waals surface area contributed by atoms with Crippen LogP contribution in [0.15, 0.2) is 95.9 Å². The van der Waals surface area contributed by atoms with Gasteiger partial charge >= 0.3 is 0 Å². The molecule has 0 radical (unpaired) electrons. The number of carbonyl (C=O) groups excluding carboxylic acids is 1. The molecule has 0 saturated heterocycles. The van der Waals surface area contributed by atoms with Gasteiger partial charge in [-0.1, -0.05) is 47.5 Å². The maximum atomic E-state index is 12.8. The number of carbonyl (C=O) groups is 1. The van der Waals surface area contributed by atoms with Crippen LogP contribution >= 0.6 is 23.2 Å². The van der Waals surface area contributed by atoms with E-state index in [1.807, 2.05) is 6.07 Å². The van der Waals surface area contributed by atoms with E-state index < -0.39 is 26.0 Å². The molecule has 4 aromatic carbocycles. The summed E-state index contributed by atoms with van der Waals surface area (Å²) in [6.07, 6.45) is 1.07. The number of hydrogen-bond donors (Lipinski definition) is 2.